The average Bonchev–Trinajstić information content (AvgIpc) is 2.75. The van der Waals surface area contributed by atoms with Crippen LogP contribution in [0.15, 0.2) is 57.7 Å². The van der Waals surface area contributed by atoms with Gasteiger partial charge in [0.2, 0.25) is 5.43 Å². The summed E-state index contributed by atoms with van der Waals surface area (Å²) in [4.78, 5) is 19.6. The average molecular weight is 407 g/mol. The van der Waals surface area contributed by atoms with E-state index in [1.165, 1.54) is 0 Å². The summed E-state index contributed by atoms with van der Waals surface area (Å²) in [6.45, 7) is 3.84. The van der Waals surface area contributed by atoms with Gasteiger partial charge in [0.15, 0.2) is 11.1 Å². The molecule has 0 amide bonds. The summed E-state index contributed by atoms with van der Waals surface area (Å²) in [6, 6.07) is 15.1. The van der Waals surface area contributed by atoms with E-state index in [9.17, 15) is 4.79 Å². The molecular formula is C22H19ClN4O2. The summed E-state index contributed by atoms with van der Waals surface area (Å²) in [5.41, 5.74) is 9.78. The SMILES string of the molecule is Nc1nc2c(=O)c3c(Cl)cccc3oc2cc1-c1cccc(N2CCNCC2)c1. The number of pyridine rings is 1. The number of nitrogens with two attached hydrogens (primary N) is 1. The number of nitrogen functional groups attached to an aromatic ring is 1. The molecule has 0 aliphatic carbocycles. The van der Waals surface area contributed by atoms with E-state index in [1.54, 1.807) is 24.3 Å². The van der Waals surface area contributed by atoms with E-state index in [-0.39, 0.29) is 16.8 Å². The van der Waals surface area contributed by atoms with Gasteiger partial charge in [-0.15, -0.1) is 0 Å². The van der Waals surface area contributed by atoms with Crippen molar-refractivity contribution in [2.24, 2.45) is 0 Å². The third-order valence-electron chi connectivity index (χ3n) is 5.29. The van der Waals surface area contributed by atoms with Crippen LogP contribution in [0.5, 0.6) is 0 Å². The third kappa shape index (κ3) is 3.10. The highest BCUT2D eigenvalue weighted by atomic mass is 35.5. The normalized spacial score (nSPS) is 14.6. The molecule has 0 atom stereocenters. The Hall–Kier alpha value is -3.09. The zero-order valence-corrected chi connectivity index (χ0v) is 16.4. The first-order chi connectivity index (χ1) is 14.1. The van der Waals surface area contributed by atoms with Gasteiger partial charge in [0.1, 0.15) is 11.4 Å². The second kappa shape index (κ2) is 7.06. The molecule has 0 saturated carbocycles. The van der Waals surface area contributed by atoms with Gasteiger partial charge in [-0.25, -0.2) is 4.98 Å². The molecule has 2 aromatic heterocycles. The Balaban J connectivity index is 1.67. The number of rotatable bonds is 2. The molecule has 146 valence electrons. The highest BCUT2D eigenvalue weighted by molar-refractivity contribution is 6.35. The standard InChI is InChI=1S/C22H19ClN4O2/c23-16-5-2-6-17-19(16)21(28)20-18(29-17)12-15(22(24)26-20)13-3-1-4-14(11-13)27-9-7-25-8-10-27/h1-6,11-12,25H,7-10H2,(H2,24,26). The lowest BCUT2D eigenvalue weighted by molar-refractivity contribution is 0.589. The fourth-order valence-electron chi connectivity index (χ4n) is 3.82. The minimum Gasteiger partial charge on any atom is -0.454 e. The third-order valence-corrected chi connectivity index (χ3v) is 5.61. The fraction of sp³-hybridized carbons (Fsp3) is 0.182. The van der Waals surface area contributed by atoms with Crippen molar-refractivity contribution in [2.75, 3.05) is 36.8 Å². The molecule has 1 aliphatic heterocycles. The van der Waals surface area contributed by atoms with Crippen LogP contribution in [0.1, 0.15) is 0 Å². The van der Waals surface area contributed by atoms with Crippen molar-refractivity contribution >= 4 is 45.2 Å². The number of nitrogens with zero attached hydrogens (tertiary/aromatic N) is 2. The fourth-order valence-corrected chi connectivity index (χ4v) is 4.07. The minimum absolute atomic E-state index is 0.185. The highest BCUT2D eigenvalue weighted by Gasteiger charge is 2.16. The van der Waals surface area contributed by atoms with Crippen LogP contribution in [0.3, 0.4) is 0 Å². The summed E-state index contributed by atoms with van der Waals surface area (Å²) in [7, 11) is 0. The molecule has 4 aromatic rings. The van der Waals surface area contributed by atoms with Crippen molar-refractivity contribution in [1.82, 2.24) is 10.3 Å². The molecule has 2 aromatic carbocycles. The molecule has 0 bridgehead atoms. The molecule has 5 rings (SSSR count). The predicted molar refractivity (Wildman–Crippen MR) is 118 cm³/mol. The van der Waals surface area contributed by atoms with Crippen molar-refractivity contribution in [2.45, 2.75) is 0 Å². The number of piperazine rings is 1. The number of hydrogen-bond acceptors (Lipinski definition) is 6. The Morgan fingerprint density at radius 3 is 2.69 bits per heavy atom. The van der Waals surface area contributed by atoms with Gasteiger partial charge in [-0.1, -0.05) is 29.8 Å². The van der Waals surface area contributed by atoms with E-state index in [0.29, 0.717) is 21.6 Å². The largest absolute Gasteiger partial charge is 0.454 e. The number of fused-ring (bicyclic) bond motifs is 2. The first kappa shape index (κ1) is 18.0. The summed E-state index contributed by atoms with van der Waals surface area (Å²) >= 11 is 6.19. The van der Waals surface area contributed by atoms with Gasteiger partial charge in [-0.05, 0) is 35.9 Å². The first-order valence-corrected chi connectivity index (χ1v) is 9.87. The van der Waals surface area contributed by atoms with Crippen LogP contribution in [0.4, 0.5) is 11.5 Å². The molecule has 3 heterocycles. The van der Waals surface area contributed by atoms with Crippen molar-refractivity contribution in [3.63, 3.8) is 0 Å². The number of hydrogen-bond donors (Lipinski definition) is 2. The summed E-state index contributed by atoms with van der Waals surface area (Å²) in [6.07, 6.45) is 0. The van der Waals surface area contributed by atoms with Crippen LogP contribution in [-0.2, 0) is 0 Å². The molecule has 3 N–H and O–H groups in total. The van der Waals surface area contributed by atoms with Gasteiger partial charge in [-0.3, -0.25) is 4.79 Å². The first-order valence-electron chi connectivity index (χ1n) is 9.49. The molecule has 1 aliphatic rings. The number of benzene rings is 2. The van der Waals surface area contributed by atoms with Gasteiger partial charge < -0.3 is 20.4 Å². The van der Waals surface area contributed by atoms with Crippen molar-refractivity contribution in [1.29, 1.82) is 0 Å². The molecule has 1 fully saturated rings. The maximum atomic E-state index is 12.9. The number of aromatic nitrogens is 1. The van der Waals surface area contributed by atoms with E-state index in [1.807, 2.05) is 12.1 Å². The molecule has 0 spiro atoms. The number of nitrogens with one attached hydrogen (secondary N) is 1. The highest BCUT2D eigenvalue weighted by Crippen LogP contribution is 2.32. The molecular weight excluding hydrogens is 388 g/mol. The Labute approximate surface area is 171 Å². The quantitative estimate of drug-likeness (QED) is 0.494. The van der Waals surface area contributed by atoms with E-state index in [2.05, 4.69) is 27.3 Å². The maximum absolute atomic E-state index is 12.9. The van der Waals surface area contributed by atoms with Gasteiger partial charge in [0.05, 0.1) is 10.4 Å². The van der Waals surface area contributed by atoms with Crippen LogP contribution in [0, 0.1) is 0 Å². The lowest BCUT2D eigenvalue weighted by Gasteiger charge is -2.29. The van der Waals surface area contributed by atoms with E-state index in [0.717, 1.165) is 43.0 Å². The van der Waals surface area contributed by atoms with Gasteiger partial charge in [-0.2, -0.15) is 0 Å². The Bertz CT molecular complexity index is 1300. The van der Waals surface area contributed by atoms with Crippen LogP contribution in [0.2, 0.25) is 5.02 Å². The zero-order chi connectivity index (χ0) is 20.0. The maximum Gasteiger partial charge on any atom is 0.220 e. The van der Waals surface area contributed by atoms with Crippen LogP contribution in [-0.4, -0.2) is 31.2 Å². The van der Waals surface area contributed by atoms with E-state index in [4.69, 9.17) is 21.8 Å². The molecule has 6 nitrogen and oxygen atoms in total. The number of anilines is 2. The summed E-state index contributed by atoms with van der Waals surface area (Å²) < 4.78 is 5.95. The van der Waals surface area contributed by atoms with E-state index >= 15 is 0 Å². The Morgan fingerprint density at radius 2 is 1.86 bits per heavy atom. The topological polar surface area (TPSA) is 84.4 Å². The zero-order valence-electron chi connectivity index (χ0n) is 15.6. The van der Waals surface area contributed by atoms with Gasteiger partial charge in [0, 0.05) is 37.4 Å². The molecule has 7 heteroatoms. The Morgan fingerprint density at radius 1 is 1.07 bits per heavy atom. The Kier molecular flexibility index (Phi) is 4.38. The molecule has 1 saturated heterocycles. The second-order valence-electron chi connectivity index (χ2n) is 7.10. The van der Waals surface area contributed by atoms with Gasteiger partial charge in [0.25, 0.3) is 0 Å². The molecule has 29 heavy (non-hydrogen) atoms. The van der Waals surface area contributed by atoms with Gasteiger partial charge >= 0.3 is 0 Å². The summed E-state index contributed by atoms with van der Waals surface area (Å²) in [5.74, 6) is 0.286. The van der Waals surface area contributed by atoms with Crippen molar-refractivity contribution in [3.05, 3.63) is 63.8 Å². The van der Waals surface area contributed by atoms with Crippen LogP contribution in [0.25, 0.3) is 33.2 Å². The van der Waals surface area contributed by atoms with Crippen molar-refractivity contribution in [3.8, 4) is 11.1 Å². The number of halogens is 1. The van der Waals surface area contributed by atoms with E-state index < -0.39 is 0 Å². The second-order valence-corrected chi connectivity index (χ2v) is 7.51. The lowest BCUT2D eigenvalue weighted by Crippen LogP contribution is -2.43. The molecule has 0 radical (unpaired) electrons. The molecule has 0 unspecified atom stereocenters. The summed E-state index contributed by atoms with van der Waals surface area (Å²) in [5, 5.41) is 4.02. The van der Waals surface area contributed by atoms with Crippen LogP contribution < -0.4 is 21.4 Å². The minimum atomic E-state index is -0.278. The monoisotopic (exact) mass is 406 g/mol. The lowest BCUT2D eigenvalue weighted by atomic mass is 10.0. The van der Waals surface area contributed by atoms with Crippen LogP contribution >= 0.6 is 11.6 Å². The van der Waals surface area contributed by atoms with Crippen molar-refractivity contribution < 1.29 is 4.42 Å². The smallest absolute Gasteiger partial charge is 0.220 e. The predicted octanol–water partition coefficient (Wildman–Crippen LogP) is 3.65.